The molecule has 1 fully saturated rings. The quantitative estimate of drug-likeness (QED) is 0.906. The summed E-state index contributed by atoms with van der Waals surface area (Å²) in [6.45, 7) is 7.73. The number of nitrogens with one attached hydrogen (secondary N) is 1. The van der Waals surface area contributed by atoms with Crippen LogP contribution in [0.5, 0.6) is 0 Å². The van der Waals surface area contributed by atoms with Gasteiger partial charge in [-0.3, -0.25) is 9.48 Å². The summed E-state index contributed by atoms with van der Waals surface area (Å²) < 4.78 is 1.92. The minimum absolute atomic E-state index is 0. The van der Waals surface area contributed by atoms with Crippen molar-refractivity contribution in [3.63, 3.8) is 0 Å². The summed E-state index contributed by atoms with van der Waals surface area (Å²) in [6.07, 6.45) is 2.13. The molecule has 1 aromatic heterocycles. The van der Waals surface area contributed by atoms with E-state index in [2.05, 4.69) is 22.2 Å². The number of rotatable bonds is 4. The standard InChI is InChI=1S/C15H26N4O.2ClH/c1-10(9-16-4)15(20)19-8-6-7-13(19)14-11(2)17-18(5)12(14)3;;/h10,13,16H,6-9H2,1-5H3;2*1H. The smallest absolute Gasteiger partial charge is 0.227 e. The van der Waals surface area contributed by atoms with Gasteiger partial charge < -0.3 is 10.2 Å². The number of halogens is 2. The maximum atomic E-state index is 12.6. The molecule has 128 valence electrons. The Kier molecular flexibility index (Phi) is 8.44. The Balaban J connectivity index is 0.00000220. The summed E-state index contributed by atoms with van der Waals surface area (Å²) in [5.74, 6) is 0.280. The SMILES string of the molecule is CNCC(C)C(=O)N1CCCC1c1c(C)nn(C)c1C.Cl.Cl. The first-order valence-electron chi connectivity index (χ1n) is 7.42. The molecule has 0 aliphatic carbocycles. The van der Waals surface area contributed by atoms with E-state index in [9.17, 15) is 4.79 Å². The average Bonchev–Trinajstić information content (AvgIpc) is 2.95. The van der Waals surface area contributed by atoms with Gasteiger partial charge in [-0.1, -0.05) is 6.92 Å². The Bertz CT molecular complexity index is 504. The summed E-state index contributed by atoms with van der Waals surface area (Å²) in [6, 6.07) is 0.204. The molecule has 0 aromatic carbocycles. The largest absolute Gasteiger partial charge is 0.335 e. The van der Waals surface area contributed by atoms with Gasteiger partial charge in [-0.25, -0.2) is 0 Å². The van der Waals surface area contributed by atoms with E-state index in [1.807, 2.05) is 32.6 Å². The number of hydrogen-bond acceptors (Lipinski definition) is 3. The molecule has 2 heterocycles. The van der Waals surface area contributed by atoms with E-state index in [4.69, 9.17) is 0 Å². The van der Waals surface area contributed by atoms with Crippen LogP contribution in [0.25, 0.3) is 0 Å². The minimum atomic E-state index is 0. The predicted octanol–water partition coefficient (Wildman–Crippen LogP) is 2.40. The normalized spacial score (nSPS) is 18.6. The van der Waals surface area contributed by atoms with Crippen molar-refractivity contribution in [3.05, 3.63) is 17.0 Å². The van der Waals surface area contributed by atoms with E-state index in [1.165, 1.54) is 11.3 Å². The molecule has 1 amide bonds. The first-order valence-corrected chi connectivity index (χ1v) is 7.42. The van der Waals surface area contributed by atoms with Crippen molar-refractivity contribution in [3.8, 4) is 0 Å². The maximum Gasteiger partial charge on any atom is 0.227 e. The van der Waals surface area contributed by atoms with Gasteiger partial charge >= 0.3 is 0 Å². The Labute approximate surface area is 145 Å². The monoisotopic (exact) mass is 350 g/mol. The number of carbonyl (C=O) groups is 1. The summed E-state index contributed by atoms with van der Waals surface area (Å²) in [7, 11) is 3.86. The second kappa shape index (κ2) is 8.75. The molecule has 1 aliphatic rings. The lowest BCUT2D eigenvalue weighted by Gasteiger charge is -2.28. The van der Waals surface area contributed by atoms with Crippen LogP contribution in [0, 0.1) is 19.8 Å². The lowest BCUT2D eigenvalue weighted by atomic mass is 10.0. The van der Waals surface area contributed by atoms with Crippen LogP contribution in [0.3, 0.4) is 0 Å². The molecule has 0 saturated carbocycles. The van der Waals surface area contributed by atoms with Crippen LogP contribution in [-0.2, 0) is 11.8 Å². The lowest BCUT2D eigenvalue weighted by molar-refractivity contribution is -0.135. The Morgan fingerprint density at radius 1 is 1.41 bits per heavy atom. The van der Waals surface area contributed by atoms with Crippen molar-refractivity contribution < 1.29 is 4.79 Å². The van der Waals surface area contributed by atoms with Crippen LogP contribution < -0.4 is 5.32 Å². The molecule has 5 nitrogen and oxygen atoms in total. The summed E-state index contributed by atoms with van der Waals surface area (Å²) >= 11 is 0. The fourth-order valence-corrected chi connectivity index (χ4v) is 3.28. The van der Waals surface area contributed by atoms with Gasteiger partial charge in [-0.15, -0.1) is 24.8 Å². The van der Waals surface area contributed by atoms with Crippen molar-refractivity contribution >= 4 is 30.7 Å². The third-order valence-electron chi connectivity index (χ3n) is 4.37. The van der Waals surface area contributed by atoms with E-state index in [-0.39, 0.29) is 42.7 Å². The number of likely N-dealkylation sites (tertiary alicyclic amines) is 1. The molecular weight excluding hydrogens is 323 g/mol. The molecule has 1 aliphatic heterocycles. The Hall–Kier alpha value is -0.780. The predicted molar refractivity (Wildman–Crippen MR) is 94.0 cm³/mol. The second-order valence-corrected chi connectivity index (χ2v) is 5.86. The minimum Gasteiger partial charge on any atom is -0.335 e. The number of carbonyl (C=O) groups excluding carboxylic acids is 1. The third-order valence-corrected chi connectivity index (χ3v) is 4.37. The van der Waals surface area contributed by atoms with Crippen molar-refractivity contribution in [2.24, 2.45) is 13.0 Å². The molecule has 22 heavy (non-hydrogen) atoms. The number of hydrogen-bond donors (Lipinski definition) is 1. The second-order valence-electron chi connectivity index (χ2n) is 5.86. The molecule has 2 rings (SSSR count). The zero-order valence-corrected chi connectivity index (χ0v) is 15.7. The zero-order chi connectivity index (χ0) is 14.9. The third kappa shape index (κ3) is 3.94. The van der Waals surface area contributed by atoms with Gasteiger partial charge in [0, 0.05) is 37.3 Å². The van der Waals surface area contributed by atoms with Crippen LogP contribution in [-0.4, -0.2) is 40.7 Å². The molecule has 0 spiro atoms. The highest BCUT2D eigenvalue weighted by atomic mass is 35.5. The summed E-state index contributed by atoms with van der Waals surface area (Å²) in [5.41, 5.74) is 3.47. The van der Waals surface area contributed by atoms with Gasteiger partial charge in [0.1, 0.15) is 0 Å². The molecular formula is C15H28Cl2N4O. The number of amides is 1. The Morgan fingerprint density at radius 2 is 2.05 bits per heavy atom. The average molecular weight is 351 g/mol. The van der Waals surface area contributed by atoms with Crippen molar-refractivity contribution in [1.82, 2.24) is 20.0 Å². The summed E-state index contributed by atoms with van der Waals surface area (Å²) in [5, 5.41) is 7.59. The molecule has 2 atom stereocenters. The van der Waals surface area contributed by atoms with Gasteiger partial charge in [-0.2, -0.15) is 5.10 Å². The van der Waals surface area contributed by atoms with Crippen LogP contribution in [0.2, 0.25) is 0 Å². The first kappa shape index (κ1) is 21.2. The molecule has 1 saturated heterocycles. The molecule has 0 bridgehead atoms. The van der Waals surface area contributed by atoms with Gasteiger partial charge in [0.2, 0.25) is 5.91 Å². The fraction of sp³-hybridized carbons (Fsp3) is 0.733. The number of aryl methyl sites for hydroxylation is 2. The molecule has 0 radical (unpaired) electrons. The fourth-order valence-electron chi connectivity index (χ4n) is 3.28. The Morgan fingerprint density at radius 3 is 2.55 bits per heavy atom. The highest BCUT2D eigenvalue weighted by molar-refractivity contribution is 5.85. The summed E-state index contributed by atoms with van der Waals surface area (Å²) in [4.78, 5) is 14.7. The van der Waals surface area contributed by atoms with Gasteiger partial charge in [-0.05, 0) is 33.7 Å². The van der Waals surface area contributed by atoms with E-state index in [0.717, 1.165) is 31.6 Å². The zero-order valence-electron chi connectivity index (χ0n) is 14.0. The lowest BCUT2D eigenvalue weighted by Crippen LogP contribution is -2.38. The van der Waals surface area contributed by atoms with Crippen molar-refractivity contribution in [2.75, 3.05) is 20.1 Å². The van der Waals surface area contributed by atoms with Crippen LogP contribution >= 0.6 is 24.8 Å². The van der Waals surface area contributed by atoms with Gasteiger partial charge in [0.05, 0.1) is 11.7 Å². The van der Waals surface area contributed by atoms with Crippen molar-refractivity contribution in [2.45, 2.75) is 39.7 Å². The van der Waals surface area contributed by atoms with Crippen LogP contribution in [0.15, 0.2) is 0 Å². The number of nitrogens with zero attached hydrogens (tertiary/aromatic N) is 3. The van der Waals surface area contributed by atoms with E-state index < -0.39 is 0 Å². The van der Waals surface area contributed by atoms with Gasteiger partial charge in [0.25, 0.3) is 0 Å². The first-order chi connectivity index (χ1) is 9.47. The maximum absolute atomic E-state index is 12.6. The van der Waals surface area contributed by atoms with Crippen LogP contribution in [0.4, 0.5) is 0 Å². The molecule has 1 N–H and O–H groups in total. The van der Waals surface area contributed by atoms with Gasteiger partial charge in [0.15, 0.2) is 0 Å². The molecule has 1 aromatic rings. The topological polar surface area (TPSA) is 50.2 Å². The van der Waals surface area contributed by atoms with E-state index >= 15 is 0 Å². The van der Waals surface area contributed by atoms with E-state index in [1.54, 1.807) is 0 Å². The number of aromatic nitrogens is 2. The van der Waals surface area contributed by atoms with E-state index in [0.29, 0.717) is 0 Å². The highest BCUT2D eigenvalue weighted by Crippen LogP contribution is 2.36. The molecule has 7 heteroatoms. The highest BCUT2D eigenvalue weighted by Gasteiger charge is 2.34. The van der Waals surface area contributed by atoms with Crippen molar-refractivity contribution in [1.29, 1.82) is 0 Å². The van der Waals surface area contributed by atoms with Crippen LogP contribution in [0.1, 0.15) is 42.8 Å². The molecule has 2 unspecified atom stereocenters.